The van der Waals surface area contributed by atoms with Gasteiger partial charge in [0.2, 0.25) is 0 Å². The van der Waals surface area contributed by atoms with E-state index in [1.807, 2.05) is 31.2 Å². The van der Waals surface area contributed by atoms with Gasteiger partial charge in [0.25, 0.3) is 5.91 Å². The van der Waals surface area contributed by atoms with Crippen molar-refractivity contribution in [2.24, 2.45) is 0 Å². The first kappa shape index (κ1) is 13.0. The predicted octanol–water partition coefficient (Wildman–Crippen LogP) is 2.06. The highest BCUT2D eigenvalue weighted by molar-refractivity contribution is 6.05. The second-order valence-corrected chi connectivity index (χ2v) is 4.69. The van der Waals surface area contributed by atoms with Gasteiger partial charge in [-0.1, -0.05) is 12.1 Å². The second-order valence-electron chi connectivity index (χ2n) is 4.69. The molecule has 3 N–H and O–H groups in total. The van der Waals surface area contributed by atoms with Gasteiger partial charge in [0.05, 0.1) is 11.8 Å². The third-order valence-corrected chi connectivity index (χ3v) is 3.05. The molecule has 0 atom stereocenters. The number of rotatable bonds is 3. The summed E-state index contributed by atoms with van der Waals surface area (Å²) in [5.74, 6) is 1.14. The van der Waals surface area contributed by atoms with E-state index in [1.54, 1.807) is 6.92 Å². The summed E-state index contributed by atoms with van der Waals surface area (Å²) in [6.07, 6.45) is 1.51. The lowest BCUT2D eigenvalue weighted by Gasteiger charge is -2.05. The highest BCUT2D eigenvalue weighted by Gasteiger charge is 2.12. The van der Waals surface area contributed by atoms with Gasteiger partial charge in [0.1, 0.15) is 5.82 Å². The van der Waals surface area contributed by atoms with Gasteiger partial charge in [0, 0.05) is 16.9 Å². The first-order chi connectivity index (χ1) is 10.1. The van der Waals surface area contributed by atoms with Crippen molar-refractivity contribution in [1.29, 1.82) is 0 Å². The Morgan fingerprint density at radius 1 is 1.24 bits per heavy atom. The lowest BCUT2D eigenvalue weighted by atomic mass is 10.2. The standard InChI is InChI=1S/C14H14N6O/c1-8-12(7-15-18-8)14(21)17-11-5-3-4-10(6-11)13-16-9(2)19-20-13/h3-7H,1-2H3,(H,15,18)(H,17,21)(H,16,19,20). The Balaban J connectivity index is 1.84. The van der Waals surface area contributed by atoms with Crippen LogP contribution >= 0.6 is 0 Å². The summed E-state index contributed by atoms with van der Waals surface area (Å²) < 4.78 is 0. The molecule has 0 unspecified atom stereocenters. The largest absolute Gasteiger partial charge is 0.322 e. The second kappa shape index (κ2) is 5.20. The number of carbonyl (C=O) groups excluding carboxylic acids is 1. The molecule has 3 aromatic rings. The number of aryl methyl sites for hydroxylation is 2. The zero-order valence-corrected chi connectivity index (χ0v) is 11.6. The summed E-state index contributed by atoms with van der Waals surface area (Å²) in [4.78, 5) is 16.4. The third-order valence-electron chi connectivity index (χ3n) is 3.05. The average Bonchev–Trinajstić information content (AvgIpc) is 3.08. The van der Waals surface area contributed by atoms with Crippen molar-refractivity contribution in [2.45, 2.75) is 13.8 Å². The highest BCUT2D eigenvalue weighted by atomic mass is 16.1. The van der Waals surface area contributed by atoms with E-state index in [0.717, 1.165) is 17.1 Å². The number of nitrogens with zero attached hydrogens (tertiary/aromatic N) is 3. The number of aromatic nitrogens is 5. The van der Waals surface area contributed by atoms with Gasteiger partial charge in [0.15, 0.2) is 5.82 Å². The van der Waals surface area contributed by atoms with Crippen molar-refractivity contribution in [3.8, 4) is 11.4 Å². The molecule has 0 spiro atoms. The Morgan fingerprint density at radius 2 is 2.10 bits per heavy atom. The van der Waals surface area contributed by atoms with E-state index < -0.39 is 0 Å². The number of carbonyl (C=O) groups is 1. The Bertz CT molecular complexity index is 788. The quantitative estimate of drug-likeness (QED) is 0.684. The van der Waals surface area contributed by atoms with Crippen molar-refractivity contribution in [1.82, 2.24) is 25.4 Å². The van der Waals surface area contributed by atoms with Crippen LogP contribution in [0.25, 0.3) is 11.4 Å². The Hall–Kier alpha value is -2.96. The fourth-order valence-electron chi connectivity index (χ4n) is 1.99. The Kier molecular flexibility index (Phi) is 3.23. The van der Waals surface area contributed by atoms with E-state index in [1.165, 1.54) is 6.20 Å². The molecule has 21 heavy (non-hydrogen) atoms. The maximum absolute atomic E-state index is 12.1. The molecule has 0 aliphatic rings. The molecule has 0 aliphatic heterocycles. The molecule has 0 fully saturated rings. The molecule has 0 bridgehead atoms. The van der Waals surface area contributed by atoms with Crippen LogP contribution in [0.5, 0.6) is 0 Å². The maximum Gasteiger partial charge on any atom is 0.259 e. The minimum absolute atomic E-state index is 0.204. The van der Waals surface area contributed by atoms with Gasteiger partial charge < -0.3 is 5.32 Å². The minimum Gasteiger partial charge on any atom is -0.322 e. The van der Waals surface area contributed by atoms with Crippen LogP contribution in [0.2, 0.25) is 0 Å². The summed E-state index contributed by atoms with van der Waals surface area (Å²) in [5, 5.41) is 16.3. The molecule has 106 valence electrons. The highest BCUT2D eigenvalue weighted by Crippen LogP contribution is 2.20. The monoisotopic (exact) mass is 282 g/mol. The summed E-state index contributed by atoms with van der Waals surface area (Å²) in [6.45, 7) is 3.64. The summed E-state index contributed by atoms with van der Waals surface area (Å²) in [6, 6.07) is 7.38. The fraction of sp³-hybridized carbons (Fsp3) is 0.143. The molecule has 2 heterocycles. The molecule has 0 radical (unpaired) electrons. The molecule has 3 rings (SSSR count). The predicted molar refractivity (Wildman–Crippen MR) is 77.8 cm³/mol. The van der Waals surface area contributed by atoms with Crippen LogP contribution < -0.4 is 5.32 Å². The van der Waals surface area contributed by atoms with Crippen molar-refractivity contribution < 1.29 is 4.79 Å². The number of hydrogen-bond donors (Lipinski definition) is 3. The van der Waals surface area contributed by atoms with E-state index in [0.29, 0.717) is 17.1 Å². The molecule has 1 aromatic carbocycles. The van der Waals surface area contributed by atoms with Crippen LogP contribution in [0.1, 0.15) is 21.9 Å². The van der Waals surface area contributed by atoms with Gasteiger partial charge in [-0.3, -0.25) is 15.0 Å². The molecule has 1 amide bonds. The number of aromatic amines is 2. The summed E-state index contributed by atoms with van der Waals surface area (Å²) in [5.41, 5.74) is 2.77. The van der Waals surface area contributed by atoms with Crippen molar-refractivity contribution in [3.05, 3.63) is 47.5 Å². The first-order valence-corrected chi connectivity index (χ1v) is 6.44. The van der Waals surface area contributed by atoms with Crippen LogP contribution in [0.4, 0.5) is 5.69 Å². The number of nitrogens with one attached hydrogen (secondary N) is 3. The van der Waals surface area contributed by atoms with Gasteiger partial charge in [-0.2, -0.15) is 10.2 Å². The SMILES string of the molecule is Cc1nc(-c2cccc(NC(=O)c3cn[nH]c3C)c2)n[nH]1. The smallest absolute Gasteiger partial charge is 0.259 e. The number of anilines is 1. The topological polar surface area (TPSA) is 99.3 Å². The van der Waals surface area contributed by atoms with E-state index >= 15 is 0 Å². The number of hydrogen-bond acceptors (Lipinski definition) is 4. The van der Waals surface area contributed by atoms with Crippen LogP contribution in [0, 0.1) is 13.8 Å². The van der Waals surface area contributed by atoms with E-state index in [2.05, 4.69) is 30.7 Å². The van der Waals surface area contributed by atoms with Crippen molar-refractivity contribution in [2.75, 3.05) is 5.32 Å². The van der Waals surface area contributed by atoms with Gasteiger partial charge in [-0.25, -0.2) is 4.98 Å². The minimum atomic E-state index is -0.204. The van der Waals surface area contributed by atoms with Crippen LogP contribution in [0.3, 0.4) is 0 Å². The van der Waals surface area contributed by atoms with Gasteiger partial charge in [-0.05, 0) is 26.0 Å². The Labute approximate surface area is 120 Å². The van der Waals surface area contributed by atoms with E-state index in [9.17, 15) is 4.79 Å². The van der Waals surface area contributed by atoms with Gasteiger partial charge >= 0.3 is 0 Å². The molecule has 7 heteroatoms. The summed E-state index contributed by atoms with van der Waals surface area (Å²) >= 11 is 0. The summed E-state index contributed by atoms with van der Waals surface area (Å²) in [7, 11) is 0. The molecule has 0 saturated carbocycles. The maximum atomic E-state index is 12.1. The lowest BCUT2D eigenvalue weighted by Crippen LogP contribution is -2.12. The molecule has 7 nitrogen and oxygen atoms in total. The zero-order valence-electron chi connectivity index (χ0n) is 11.6. The zero-order chi connectivity index (χ0) is 14.8. The number of amides is 1. The number of benzene rings is 1. The van der Waals surface area contributed by atoms with E-state index in [4.69, 9.17) is 0 Å². The lowest BCUT2D eigenvalue weighted by molar-refractivity contribution is 0.102. The normalized spacial score (nSPS) is 10.6. The molecule has 0 aliphatic carbocycles. The van der Waals surface area contributed by atoms with E-state index in [-0.39, 0.29) is 5.91 Å². The fourth-order valence-corrected chi connectivity index (χ4v) is 1.99. The molecular formula is C14H14N6O. The molecule has 2 aromatic heterocycles. The van der Waals surface area contributed by atoms with Crippen LogP contribution in [-0.2, 0) is 0 Å². The first-order valence-electron chi connectivity index (χ1n) is 6.44. The van der Waals surface area contributed by atoms with Crippen molar-refractivity contribution in [3.63, 3.8) is 0 Å². The van der Waals surface area contributed by atoms with Crippen LogP contribution in [-0.4, -0.2) is 31.3 Å². The average molecular weight is 282 g/mol. The molecular weight excluding hydrogens is 268 g/mol. The van der Waals surface area contributed by atoms with Gasteiger partial charge in [-0.15, -0.1) is 0 Å². The Morgan fingerprint density at radius 3 is 2.76 bits per heavy atom. The number of H-pyrrole nitrogens is 2. The third kappa shape index (κ3) is 2.66. The molecule has 0 saturated heterocycles. The van der Waals surface area contributed by atoms with Crippen molar-refractivity contribution >= 4 is 11.6 Å². The van der Waals surface area contributed by atoms with Crippen LogP contribution in [0.15, 0.2) is 30.5 Å².